The Morgan fingerprint density at radius 3 is 2.38 bits per heavy atom. The molecule has 1 heterocycles. The lowest BCUT2D eigenvalue weighted by Gasteiger charge is -2.11. The lowest BCUT2D eigenvalue weighted by molar-refractivity contribution is 0.768. The van der Waals surface area contributed by atoms with Crippen LogP contribution in [0.25, 0.3) is 11.1 Å². The first-order valence-corrected chi connectivity index (χ1v) is 5.21. The SMILES string of the molecule is Cc1nc(=O)c(-c2ccccc2)c(C)n1C. The first-order chi connectivity index (χ1) is 7.61. The second kappa shape index (κ2) is 3.93. The minimum Gasteiger partial charge on any atom is -0.336 e. The van der Waals surface area contributed by atoms with E-state index in [9.17, 15) is 4.79 Å². The fourth-order valence-corrected chi connectivity index (χ4v) is 1.78. The predicted molar refractivity (Wildman–Crippen MR) is 64.4 cm³/mol. The zero-order valence-electron chi connectivity index (χ0n) is 9.69. The number of hydrogen-bond donors (Lipinski definition) is 0. The van der Waals surface area contributed by atoms with E-state index in [1.165, 1.54) is 0 Å². The first-order valence-electron chi connectivity index (χ1n) is 5.21. The van der Waals surface area contributed by atoms with Gasteiger partial charge in [-0.25, -0.2) is 0 Å². The van der Waals surface area contributed by atoms with Crippen LogP contribution in [0.4, 0.5) is 0 Å². The molecule has 82 valence electrons. The molecule has 2 aromatic rings. The Morgan fingerprint density at radius 2 is 1.75 bits per heavy atom. The molecule has 0 aliphatic heterocycles. The highest BCUT2D eigenvalue weighted by Gasteiger charge is 2.10. The van der Waals surface area contributed by atoms with Crippen LogP contribution in [0, 0.1) is 13.8 Å². The molecule has 0 N–H and O–H groups in total. The molecule has 2 rings (SSSR count). The minimum absolute atomic E-state index is 0.153. The molecule has 0 aliphatic rings. The lowest BCUT2D eigenvalue weighted by Crippen LogP contribution is -2.19. The molecular formula is C13H14N2O. The third-order valence-corrected chi connectivity index (χ3v) is 2.89. The second-order valence-corrected chi connectivity index (χ2v) is 3.85. The van der Waals surface area contributed by atoms with E-state index in [0.717, 1.165) is 17.1 Å². The Morgan fingerprint density at radius 1 is 1.12 bits per heavy atom. The highest BCUT2D eigenvalue weighted by molar-refractivity contribution is 5.64. The fraction of sp³-hybridized carbons (Fsp3) is 0.231. The van der Waals surface area contributed by atoms with E-state index in [1.807, 2.05) is 55.8 Å². The molecule has 0 saturated carbocycles. The summed E-state index contributed by atoms with van der Waals surface area (Å²) in [5.74, 6) is 0.738. The third kappa shape index (κ3) is 1.65. The molecule has 0 unspecified atom stereocenters. The maximum Gasteiger partial charge on any atom is 0.281 e. The van der Waals surface area contributed by atoms with Crippen molar-refractivity contribution in [2.45, 2.75) is 13.8 Å². The van der Waals surface area contributed by atoms with E-state index in [1.54, 1.807) is 0 Å². The van der Waals surface area contributed by atoms with E-state index in [4.69, 9.17) is 0 Å². The zero-order chi connectivity index (χ0) is 11.7. The van der Waals surface area contributed by atoms with Gasteiger partial charge in [-0.15, -0.1) is 0 Å². The van der Waals surface area contributed by atoms with Gasteiger partial charge in [-0.05, 0) is 19.4 Å². The van der Waals surface area contributed by atoms with Gasteiger partial charge in [0, 0.05) is 12.7 Å². The van der Waals surface area contributed by atoms with Crippen LogP contribution < -0.4 is 5.56 Å². The van der Waals surface area contributed by atoms with Crippen LogP contribution in [0.15, 0.2) is 35.1 Å². The summed E-state index contributed by atoms with van der Waals surface area (Å²) in [6, 6.07) is 9.65. The van der Waals surface area contributed by atoms with Crippen LogP contribution in [-0.2, 0) is 7.05 Å². The molecule has 1 aromatic carbocycles. The average molecular weight is 214 g/mol. The van der Waals surface area contributed by atoms with Crippen LogP contribution in [0.2, 0.25) is 0 Å². The van der Waals surface area contributed by atoms with Gasteiger partial charge in [0.15, 0.2) is 0 Å². The molecule has 0 spiro atoms. The number of benzene rings is 1. The monoisotopic (exact) mass is 214 g/mol. The first kappa shape index (κ1) is 10.6. The summed E-state index contributed by atoms with van der Waals surface area (Å²) in [6.45, 7) is 3.78. The topological polar surface area (TPSA) is 34.9 Å². The maximum absolute atomic E-state index is 11.9. The second-order valence-electron chi connectivity index (χ2n) is 3.85. The summed E-state index contributed by atoms with van der Waals surface area (Å²) in [6.07, 6.45) is 0. The Kier molecular flexibility index (Phi) is 2.60. The molecule has 3 nitrogen and oxygen atoms in total. The molecule has 0 saturated heterocycles. The van der Waals surface area contributed by atoms with E-state index in [-0.39, 0.29) is 5.56 Å². The summed E-state index contributed by atoms with van der Waals surface area (Å²) in [5, 5.41) is 0. The third-order valence-electron chi connectivity index (χ3n) is 2.89. The summed E-state index contributed by atoms with van der Waals surface area (Å²) < 4.78 is 1.93. The van der Waals surface area contributed by atoms with E-state index < -0.39 is 0 Å². The van der Waals surface area contributed by atoms with Crippen LogP contribution in [-0.4, -0.2) is 9.55 Å². The maximum atomic E-state index is 11.9. The number of rotatable bonds is 1. The lowest BCUT2D eigenvalue weighted by atomic mass is 10.1. The van der Waals surface area contributed by atoms with Gasteiger partial charge in [0.2, 0.25) is 0 Å². The molecule has 0 aliphatic carbocycles. The molecule has 3 heteroatoms. The van der Waals surface area contributed by atoms with Crippen LogP contribution in [0.5, 0.6) is 0 Å². The average Bonchev–Trinajstić information content (AvgIpc) is 2.28. The standard InChI is InChI=1S/C13H14N2O/c1-9-12(11-7-5-4-6-8-11)13(16)14-10(2)15(9)3/h4-8H,1-3H3. The molecule has 1 aromatic heterocycles. The van der Waals surface area contributed by atoms with E-state index >= 15 is 0 Å². The number of hydrogen-bond acceptors (Lipinski definition) is 2. The van der Waals surface area contributed by atoms with Gasteiger partial charge in [0.25, 0.3) is 5.56 Å². The largest absolute Gasteiger partial charge is 0.336 e. The van der Waals surface area contributed by atoms with Crippen LogP contribution >= 0.6 is 0 Å². The van der Waals surface area contributed by atoms with Crippen molar-refractivity contribution in [3.8, 4) is 11.1 Å². The van der Waals surface area contributed by atoms with Gasteiger partial charge in [0.1, 0.15) is 5.82 Å². The van der Waals surface area contributed by atoms with Crippen molar-refractivity contribution in [1.82, 2.24) is 9.55 Å². The Bertz CT molecular complexity index is 570. The number of aryl methyl sites for hydroxylation is 1. The number of nitrogens with zero attached hydrogens (tertiary/aromatic N) is 2. The smallest absolute Gasteiger partial charge is 0.281 e. The Labute approximate surface area is 94.4 Å². The molecule has 0 amide bonds. The van der Waals surface area contributed by atoms with Crippen LogP contribution in [0.1, 0.15) is 11.5 Å². The van der Waals surface area contributed by atoms with Crippen LogP contribution in [0.3, 0.4) is 0 Å². The highest BCUT2D eigenvalue weighted by Crippen LogP contribution is 2.18. The Hall–Kier alpha value is -1.90. The predicted octanol–water partition coefficient (Wildman–Crippen LogP) is 2.06. The van der Waals surface area contributed by atoms with Crippen molar-refractivity contribution in [2.75, 3.05) is 0 Å². The van der Waals surface area contributed by atoms with Gasteiger partial charge < -0.3 is 4.57 Å². The summed E-state index contributed by atoms with van der Waals surface area (Å²) in [5.41, 5.74) is 2.41. The van der Waals surface area contributed by atoms with Crippen molar-refractivity contribution >= 4 is 0 Å². The van der Waals surface area contributed by atoms with E-state index in [2.05, 4.69) is 4.98 Å². The van der Waals surface area contributed by atoms with Gasteiger partial charge in [-0.2, -0.15) is 4.98 Å². The van der Waals surface area contributed by atoms with Gasteiger partial charge in [0.05, 0.1) is 5.56 Å². The fourth-order valence-electron chi connectivity index (χ4n) is 1.78. The molecule has 0 atom stereocenters. The number of aromatic nitrogens is 2. The Balaban J connectivity index is 2.76. The van der Waals surface area contributed by atoms with Crippen molar-refractivity contribution in [1.29, 1.82) is 0 Å². The normalized spacial score (nSPS) is 10.4. The molecule has 16 heavy (non-hydrogen) atoms. The van der Waals surface area contributed by atoms with Crippen molar-refractivity contribution in [2.24, 2.45) is 7.05 Å². The van der Waals surface area contributed by atoms with Crippen molar-refractivity contribution in [3.05, 3.63) is 52.2 Å². The quantitative estimate of drug-likeness (QED) is 0.728. The minimum atomic E-state index is -0.153. The van der Waals surface area contributed by atoms with Gasteiger partial charge in [-0.3, -0.25) is 4.79 Å². The molecule has 0 radical (unpaired) electrons. The van der Waals surface area contributed by atoms with Crippen molar-refractivity contribution in [3.63, 3.8) is 0 Å². The molecule has 0 fully saturated rings. The summed E-state index contributed by atoms with van der Waals surface area (Å²) in [7, 11) is 1.92. The van der Waals surface area contributed by atoms with Gasteiger partial charge in [-0.1, -0.05) is 30.3 Å². The zero-order valence-corrected chi connectivity index (χ0v) is 9.69. The molecular weight excluding hydrogens is 200 g/mol. The highest BCUT2D eigenvalue weighted by atomic mass is 16.1. The summed E-state index contributed by atoms with van der Waals surface area (Å²) >= 11 is 0. The summed E-state index contributed by atoms with van der Waals surface area (Å²) in [4.78, 5) is 15.9. The van der Waals surface area contributed by atoms with E-state index in [0.29, 0.717) is 5.56 Å². The molecule has 0 bridgehead atoms. The van der Waals surface area contributed by atoms with Crippen molar-refractivity contribution < 1.29 is 0 Å². The van der Waals surface area contributed by atoms with Gasteiger partial charge >= 0.3 is 0 Å².